The molecule has 2 saturated heterocycles. The van der Waals surface area contributed by atoms with Gasteiger partial charge in [-0.1, -0.05) is 18.2 Å². The van der Waals surface area contributed by atoms with Crippen LogP contribution < -0.4 is 9.80 Å². The molecule has 35 heavy (non-hydrogen) atoms. The van der Waals surface area contributed by atoms with Gasteiger partial charge in [0.2, 0.25) is 0 Å². The molecule has 0 bridgehead atoms. The van der Waals surface area contributed by atoms with Gasteiger partial charge in [-0.05, 0) is 43.0 Å². The summed E-state index contributed by atoms with van der Waals surface area (Å²) in [6.07, 6.45) is -4.80. The molecule has 1 unspecified atom stereocenters. The van der Waals surface area contributed by atoms with Gasteiger partial charge in [-0.25, -0.2) is 8.42 Å². The van der Waals surface area contributed by atoms with E-state index in [4.69, 9.17) is 4.74 Å². The summed E-state index contributed by atoms with van der Waals surface area (Å²) in [4.78, 5) is 3.38. The number of benzene rings is 1. The van der Waals surface area contributed by atoms with Crippen molar-refractivity contribution in [2.75, 3.05) is 50.8 Å². The van der Waals surface area contributed by atoms with Gasteiger partial charge in [0.15, 0.2) is 5.60 Å². The highest BCUT2D eigenvalue weighted by Gasteiger charge is 2.51. The third-order valence-corrected chi connectivity index (χ3v) is 10.2. The van der Waals surface area contributed by atoms with Gasteiger partial charge in [-0.3, -0.25) is 0 Å². The second-order valence-corrected chi connectivity index (χ2v) is 12.5. The Morgan fingerprint density at radius 2 is 1.91 bits per heavy atom. The number of rotatable bonds is 6. The first kappa shape index (κ1) is 26.4. The Kier molecular flexibility index (Phi) is 7.52. The van der Waals surface area contributed by atoms with E-state index in [-0.39, 0.29) is 30.7 Å². The number of hydrogen-bond acceptors (Lipinski definition) is 6. The number of morpholine rings is 1. The molecular formula is C23H31F3N3O4S2+. The van der Waals surface area contributed by atoms with Crippen molar-refractivity contribution in [3.8, 4) is 0 Å². The molecule has 2 fully saturated rings. The van der Waals surface area contributed by atoms with Crippen LogP contribution in [0.3, 0.4) is 0 Å². The summed E-state index contributed by atoms with van der Waals surface area (Å²) in [5.41, 5.74) is -2.49. The average molecular weight is 535 g/mol. The van der Waals surface area contributed by atoms with E-state index in [1.54, 1.807) is 29.6 Å². The van der Waals surface area contributed by atoms with E-state index in [1.807, 2.05) is 0 Å². The first-order valence-electron chi connectivity index (χ1n) is 11.5. The monoisotopic (exact) mass is 534 g/mol. The van der Waals surface area contributed by atoms with Crippen molar-refractivity contribution in [1.29, 1.82) is 0 Å². The predicted octanol–water partition coefficient (Wildman–Crippen LogP) is 1.70. The Balaban J connectivity index is 1.60. The molecule has 2 N–H and O–H groups in total. The summed E-state index contributed by atoms with van der Waals surface area (Å²) in [5.74, 6) is 0. The molecule has 0 radical (unpaired) electrons. The van der Waals surface area contributed by atoms with E-state index >= 15 is 0 Å². The molecule has 3 heterocycles. The molecule has 7 nitrogen and oxygen atoms in total. The summed E-state index contributed by atoms with van der Waals surface area (Å²) < 4.78 is 73.6. The number of ether oxygens (including phenoxy) is 1. The molecule has 0 saturated carbocycles. The lowest BCUT2D eigenvalue weighted by Gasteiger charge is -2.44. The molecule has 0 amide bonds. The van der Waals surface area contributed by atoms with Gasteiger partial charge >= 0.3 is 6.18 Å². The van der Waals surface area contributed by atoms with E-state index in [2.05, 4.69) is 11.8 Å². The number of aliphatic hydroxyl groups is 1. The Labute approximate surface area is 207 Å². The second-order valence-electron chi connectivity index (χ2n) is 9.35. The van der Waals surface area contributed by atoms with Gasteiger partial charge in [-0.15, -0.1) is 11.3 Å². The fourth-order valence-corrected chi connectivity index (χ4v) is 7.28. The molecule has 12 heteroatoms. The maximum atomic E-state index is 13.3. The number of nitrogens with zero attached hydrogens (tertiary/aromatic N) is 2. The number of sulfonamides is 1. The highest BCUT2D eigenvalue weighted by molar-refractivity contribution is 7.91. The number of nitrogens with one attached hydrogen (secondary N) is 1. The van der Waals surface area contributed by atoms with Crippen LogP contribution in [-0.2, 0) is 20.4 Å². The molecule has 0 aliphatic carbocycles. The minimum atomic E-state index is -4.80. The van der Waals surface area contributed by atoms with Crippen molar-refractivity contribution in [3.05, 3.63) is 47.3 Å². The lowest BCUT2D eigenvalue weighted by Crippen LogP contribution is -3.18. The quantitative estimate of drug-likeness (QED) is 0.591. The van der Waals surface area contributed by atoms with Crippen LogP contribution in [0.1, 0.15) is 19.4 Å². The van der Waals surface area contributed by atoms with E-state index in [9.17, 15) is 26.7 Å². The molecule has 2 aliphatic rings. The summed E-state index contributed by atoms with van der Waals surface area (Å²) in [6, 6.07) is 9.11. The van der Waals surface area contributed by atoms with E-state index in [1.165, 1.54) is 32.7 Å². The zero-order valence-electron chi connectivity index (χ0n) is 19.7. The van der Waals surface area contributed by atoms with Crippen LogP contribution >= 0.6 is 11.3 Å². The zero-order valence-corrected chi connectivity index (χ0v) is 21.3. The fourth-order valence-electron chi connectivity index (χ4n) is 4.67. The van der Waals surface area contributed by atoms with Crippen LogP contribution in [-0.4, -0.2) is 82.0 Å². The fraction of sp³-hybridized carbons (Fsp3) is 0.565. The Morgan fingerprint density at radius 3 is 2.51 bits per heavy atom. The molecule has 2 aliphatic heterocycles. The predicted molar refractivity (Wildman–Crippen MR) is 127 cm³/mol. The van der Waals surface area contributed by atoms with E-state index in [0.717, 1.165) is 13.5 Å². The average Bonchev–Trinajstić information content (AvgIpc) is 3.36. The van der Waals surface area contributed by atoms with Gasteiger partial charge in [0.25, 0.3) is 10.0 Å². The van der Waals surface area contributed by atoms with Crippen LogP contribution in [0.2, 0.25) is 0 Å². The maximum absolute atomic E-state index is 13.3. The van der Waals surface area contributed by atoms with E-state index < -0.39 is 21.8 Å². The van der Waals surface area contributed by atoms with Crippen LogP contribution in [0.4, 0.5) is 18.9 Å². The van der Waals surface area contributed by atoms with Gasteiger partial charge in [0, 0.05) is 25.3 Å². The van der Waals surface area contributed by atoms with E-state index in [0.29, 0.717) is 36.2 Å². The molecular weight excluding hydrogens is 503 g/mol. The number of quaternary nitrogens is 1. The summed E-state index contributed by atoms with van der Waals surface area (Å²) in [7, 11) is -3.62. The van der Waals surface area contributed by atoms with Gasteiger partial charge in [-0.2, -0.15) is 17.5 Å². The number of piperazine rings is 1. The normalized spacial score (nSPS) is 26.5. The molecule has 1 aromatic heterocycles. The largest absolute Gasteiger partial charge is 0.421 e. The Bertz CT molecular complexity index is 1090. The van der Waals surface area contributed by atoms with Crippen molar-refractivity contribution in [2.45, 2.75) is 41.9 Å². The van der Waals surface area contributed by atoms with Crippen molar-refractivity contribution in [1.82, 2.24) is 4.31 Å². The summed E-state index contributed by atoms with van der Waals surface area (Å²) in [5, 5.41) is 11.7. The van der Waals surface area contributed by atoms with Crippen LogP contribution in [0.25, 0.3) is 0 Å². The van der Waals surface area contributed by atoms with Gasteiger partial charge in [0.1, 0.15) is 16.8 Å². The molecule has 1 aromatic carbocycles. The molecule has 4 rings (SSSR count). The van der Waals surface area contributed by atoms with Crippen molar-refractivity contribution >= 4 is 27.0 Å². The lowest BCUT2D eigenvalue weighted by molar-refractivity contribution is -0.932. The van der Waals surface area contributed by atoms with Crippen molar-refractivity contribution in [3.63, 3.8) is 0 Å². The zero-order chi connectivity index (χ0) is 25.4. The maximum Gasteiger partial charge on any atom is 0.421 e. The van der Waals surface area contributed by atoms with Crippen molar-refractivity contribution in [2.24, 2.45) is 0 Å². The molecule has 194 valence electrons. The standard InChI is InChI=1S/C23H30F3N3O4S2/c1-17-16-33-12-11-27(17)14-20-15-28(35(31,32)21-4-3-13-34-21)9-10-29(20)19-7-5-18(6-8-19)22(2,30)23(24,25)26/h3-8,13,17,20,30H,9-12,14-16H2,1-2H3/p+1/t17-,20-,22+/m0/s1. The SMILES string of the molecule is C[C@H]1COCC[NH+]1C[C@H]1CN(S(=O)(=O)c2cccs2)CCN1c1ccc([C@@](C)(O)C(F)(F)F)cc1. The Morgan fingerprint density at radius 1 is 1.20 bits per heavy atom. The summed E-state index contributed by atoms with van der Waals surface area (Å²) >= 11 is 1.18. The van der Waals surface area contributed by atoms with Crippen LogP contribution in [0.15, 0.2) is 46.0 Å². The number of hydrogen-bond donors (Lipinski definition) is 2. The van der Waals surface area contributed by atoms with Crippen LogP contribution in [0.5, 0.6) is 0 Å². The number of halogens is 3. The first-order valence-corrected chi connectivity index (χ1v) is 13.9. The highest BCUT2D eigenvalue weighted by atomic mass is 32.2. The molecule has 4 atom stereocenters. The van der Waals surface area contributed by atoms with Gasteiger partial charge in [0.05, 0.1) is 25.8 Å². The second kappa shape index (κ2) is 9.98. The lowest BCUT2D eigenvalue weighted by atomic mass is 9.95. The van der Waals surface area contributed by atoms with Gasteiger partial charge < -0.3 is 19.6 Å². The minimum Gasteiger partial charge on any atom is -0.376 e. The first-order chi connectivity index (χ1) is 16.4. The topological polar surface area (TPSA) is 74.5 Å². The van der Waals surface area contributed by atoms with Crippen molar-refractivity contribution < 1.29 is 36.3 Å². The smallest absolute Gasteiger partial charge is 0.376 e. The van der Waals surface area contributed by atoms with Crippen LogP contribution in [0, 0.1) is 0 Å². The molecule has 2 aromatic rings. The molecule has 0 spiro atoms. The third-order valence-electron chi connectivity index (χ3n) is 6.98. The summed E-state index contributed by atoms with van der Waals surface area (Å²) in [6.45, 7) is 6.51. The highest BCUT2D eigenvalue weighted by Crippen LogP contribution is 2.39. The number of anilines is 1. The number of alkyl halides is 3. The third kappa shape index (κ3) is 5.37. The number of thiophene rings is 1. The minimum absolute atomic E-state index is 0.178. The Hall–Kier alpha value is -1.70.